The van der Waals surface area contributed by atoms with Gasteiger partial charge in [-0.2, -0.15) is 0 Å². The first-order valence-corrected chi connectivity index (χ1v) is 7.92. The summed E-state index contributed by atoms with van der Waals surface area (Å²) in [7, 11) is 0. The molecule has 0 heterocycles. The van der Waals surface area contributed by atoms with E-state index in [2.05, 4.69) is 0 Å². The third kappa shape index (κ3) is 2.12. The maximum atomic E-state index is 12.6. The Balaban J connectivity index is 2.41. The number of aliphatic hydroxyl groups is 1. The predicted molar refractivity (Wildman–Crippen MR) is 89.4 cm³/mol. The van der Waals surface area contributed by atoms with Gasteiger partial charge in [0.25, 0.3) is 0 Å². The van der Waals surface area contributed by atoms with Gasteiger partial charge in [-0.15, -0.1) is 0 Å². The third-order valence-electron chi connectivity index (χ3n) is 5.09. The van der Waals surface area contributed by atoms with Gasteiger partial charge in [0.15, 0.2) is 5.78 Å². The van der Waals surface area contributed by atoms with Crippen molar-refractivity contribution >= 4 is 22.3 Å². The summed E-state index contributed by atoms with van der Waals surface area (Å²) in [4.78, 5) is 24.9. The van der Waals surface area contributed by atoms with Gasteiger partial charge in [-0.1, -0.05) is 26.0 Å². The van der Waals surface area contributed by atoms with Crippen LogP contribution >= 0.6 is 0 Å². The molecule has 24 heavy (non-hydrogen) atoms. The molecule has 0 aliphatic heterocycles. The van der Waals surface area contributed by atoms with Gasteiger partial charge in [0, 0.05) is 6.42 Å². The number of ketones is 2. The molecule has 0 unspecified atom stereocenters. The Labute approximate surface area is 139 Å². The molecule has 2 aromatic rings. The van der Waals surface area contributed by atoms with Gasteiger partial charge in [0.05, 0.1) is 22.5 Å². The van der Waals surface area contributed by atoms with Crippen LogP contribution in [0.5, 0.6) is 11.5 Å². The van der Waals surface area contributed by atoms with Gasteiger partial charge in [-0.25, -0.2) is 0 Å². The molecule has 126 valence electrons. The Kier molecular flexibility index (Phi) is 3.64. The average molecular weight is 328 g/mol. The number of hydrogen-bond donors (Lipinski definition) is 3. The van der Waals surface area contributed by atoms with Crippen molar-refractivity contribution in [2.24, 2.45) is 5.92 Å². The molecule has 1 aliphatic rings. The van der Waals surface area contributed by atoms with Crippen LogP contribution in [0.4, 0.5) is 0 Å². The topological polar surface area (TPSA) is 94.8 Å². The number of carbonyl (C=O) groups excluding carboxylic acids is 2. The summed E-state index contributed by atoms with van der Waals surface area (Å²) in [5.74, 6) is -2.37. The van der Waals surface area contributed by atoms with Crippen LogP contribution in [0.3, 0.4) is 0 Å². The van der Waals surface area contributed by atoms with Crippen LogP contribution in [0.15, 0.2) is 24.3 Å². The van der Waals surface area contributed by atoms with E-state index in [0.717, 1.165) is 0 Å². The highest BCUT2D eigenvalue weighted by Crippen LogP contribution is 2.49. The molecule has 3 N–H and O–H groups in total. The first-order valence-electron chi connectivity index (χ1n) is 7.92. The molecule has 2 aromatic carbocycles. The molecule has 0 aromatic heterocycles. The highest BCUT2D eigenvalue weighted by molar-refractivity contribution is 6.11. The minimum absolute atomic E-state index is 0.0227. The zero-order valence-electron chi connectivity index (χ0n) is 13.8. The second-order valence-electron chi connectivity index (χ2n) is 6.85. The Morgan fingerprint density at radius 3 is 2.54 bits per heavy atom. The summed E-state index contributed by atoms with van der Waals surface area (Å²) < 4.78 is 0. The minimum atomic E-state index is -1.49. The molecule has 5 heteroatoms. The number of Topliss-reactive ketones (excluding diaryl/α,β-unsaturated/α-hetero) is 2. The summed E-state index contributed by atoms with van der Waals surface area (Å²) in [5.41, 5.74) is -1.15. The molecule has 0 amide bonds. The summed E-state index contributed by atoms with van der Waals surface area (Å²) in [6, 6.07) is 6.33. The molecule has 0 fully saturated rings. The van der Waals surface area contributed by atoms with Gasteiger partial charge in [-0.3, -0.25) is 9.59 Å². The smallest absolute Gasteiger partial charge is 0.169 e. The molecule has 0 saturated carbocycles. The molecular formula is C19H20O5. The number of hydrogen-bond acceptors (Lipinski definition) is 5. The maximum absolute atomic E-state index is 12.6. The number of phenolic OH excluding ortho intramolecular Hbond substituents is 2. The fraction of sp³-hybridized carbons (Fsp3) is 0.368. The third-order valence-corrected chi connectivity index (χ3v) is 5.09. The van der Waals surface area contributed by atoms with Gasteiger partial charge in [0.2, 0.25) is 0 Å². The monoisotopic (exact) mass is 328 g/mol. The molecule has 0 saturated heterocycles. The van der Waals surface area contributed by atoms with Crippen LogP contribution in [-0.2, 0) is 4.79 Å². The lowest BCUT2D eigenvalue weighted by atomic mass is 9.64. The van der Waals surface area contributed by atoms with E-state index in [1.807, 2.05) is 0 Å². The summed E-state index contributed by atoms with van der Waals surface area (Å²) >= 11 is 0. The van der Waals surface area contributed by atoms with Gasteiger partial charge in [0.1, 0.15) is 17.3 Å². The van der Waals surface area contributed by atoms with Gasteiger partial charge < -0.3 is 15.3 Å². The van der Waals surface area contributed by atoms with Gasteiger partial charge >= 0.3 is 0 Å². The van der Waals surface area contributed by atoms with Crippen molar-refractivity contribution in [3.05, 3.63) is 35.4 Å². The standard InChI is InChI=1S/C19H20O5/c1-9(2)19(24)8-14(22)16-12(17(19)10(3)20)7-11-5-4-6-13(21)15(11)18(16)23/h4-7,9,17,21,23-24H,8H2,1-3H3/t17-,19+/m1/s1. The maximum Gasteiger partial charge on any atom is 0.169 e. The first-order chi connectivity index (χ1) is 11.2. The van der Waals surface area contributed by atoms with Crippen LogP contribution < -0.4 is 0 Å². The van der Waals surface area contributed by atoms with Crippen molar-refractivity contribution < 1.29 is 24.9 Å². The van der Waals surface area contributed by atoms with Crippen LogP contribution in [0, 0.1) is 5.92 Å². The number of fused-ring (bicyclic) bond motifs is 2. The Morgan fingerprint density at radius 2 is 1.96 bits per heavy atom. The normalized spacial score (nSPS) is 23.5. The van der Waals surface area contributed by atoms with Gasteiger partial charge in [-0.05, 0) is 35.9 Å². The Bertz CT molecular complexity index is 868. The van der Waals surface area contributed by atoms with E-state index in [4.69, 9.17) is 0 Å². The summed E-state index contributed by atoms with van der Waals surface area (Å²) in [6.45, 7) is 4.91. The largest absolute Gasteiger partial charge is 0.507 e. The molecular weight excluding hydrogens is 308 g/mol. The summed E-state index contributed by atoms with van der Waals surface area (Å²) in [5, 5.41) is 32.3. The number of phenols is 2. The van der Waals surface area contributed by atoms with E-state index < -0.39 is 17.3 Å². The highest BCUT2D eigenvalue weighted by atomic mass is 16.3. The number of carbonyl (C=O) groups is 2. The molecule has 5 nitrogen and oxygen atoms in total. The van der Waals surface area contributed by atoms with Crippen LogP contribution in [0.1, 0.15) is 49.0 Å². The van der Waals surface area contributed by atoms with Crippen LogP contribution in [-0.4, -0.2) is 32.5 Å². The van der Waals surface area contributed by atoms with Crippen molar-refractivity contribution in [2.75, 3.05) is 0 Å². The molecule has 0 radical (unpaired) electrons. The fourth-order valence-electron chi connectivity index (χ4n) is 3.78. The average Bonchev–Trinajstić information content (AvgIpc) is 2.45. The van der Waals surface area contributed by atoms with Crippen LogP contribution in [0.25, 0.3) is 10.8 Å². The fourth-order valence-corrected chi connectivity index (χ4v) is 3.78. The zero-order valence-corrected chi connectivity index (χ0v) is 13.8. The van der Waals surface area contributed by atoms with E-state index in [1.165, 1.54) is 13.0 Å². The molecule has 2 atom stereocenters. The Morgan fingerprint density at radius 1 is 1.29 bits per heavy atom. The molecule has 0 bridgehead atoms. The van der Waals surface area contributed by atoms with Crippen LogP contribution in [0.2, 0.25) is 0 Å². The number of rotatable bonds is 2. The second-order valence-corrected chi connectivity index (χ2v) is 6.85. The summed E-state index contributed by atoms with van der Waals surface area (Å²) in [6.07, 6.45) is -0.241. The van der Waals surface area contributed by atoms with E-state index >= 15 is 0 Å². The number of aromatic hydroxyl groups is 2. The van der Waals surface area contributed by atoms with Crippen molar-refractivity contribution in [3.63, 3.8) is 0 Å². The predicted octanol–water partition coefficient (Wildman–Crippen LogP) is 2.90. The van der Waals surface area contributed by atoms with E-state index in [-0.39, 0.29) is 40.6 Å². The molecule has 1 aliphatic carbocycles. The lowest BCUT2D eigenvalue weighted by molar-refractivity contribution is -0.128. The SMILES string of the molecule is CC(=O)[C@@H]1c2cc3cccc(O)c3c(O)c2C(=O)C[C@]1(O)C(C)C. The highest BCUT2D eigenvalue weighted by Gasteiger charge is 2.50. The van der Waals surface area contributed by atoms with E-state index in [0.29, 0.717) is 10.9 Å². The minimum Gasteiger partial charge on any atom is -0.507 e. The zero-order chi connectivity index (χ0) is 17.8. The quantitative estimate of drug-likeness (QED) is 0.788. The second kappa shape index (κ2) is 5.31. The molecule has 3 rings (SSSR count). The molecule has 0 spiro atoms. The Hall–Kier alpha value is -2.40. The lowest BCUT2D eigenvalue weighted by Crippen LogP contribution is -2.49. The van der Waals surface area contributed by atoms with Crippen molar-refractivity contribution in [1.29, 1.82) is 0 Å². The lowest BCUT2D eigenvalue weighted by Gasteiger charge is -2.42. The first kappa shape index (κ1) is 16.5. The van der Waals surface area contributed by atoms with Crippen molar-refractivity contribution in [2.45, 2.75) is 38.7 Å². The van der Waals surface area contributed by atoms with Crippen molar-refractivity contribution in [1.82, 2.24) is 0 Å². The van der Waals surface area contributed by atoms with E-state index in [1.54, 1.807) is 32.0 Å². The van der Waals surface area contributed by atoms with E-state index in [9.17, 15) is 24.9 Å². The van der Waals surface area contributed by atoms with Crippen molar-refractivity contribution in [3.8, 4) is 11.5 Å². The number of benzene rings is 2.